The first-order valence-electron chi connectivity index (χ1n) is 6.23. The molecule has 0 spiro atoms. The van der Waals surface area contributed by atoms with E-state index in [2.05, 4.69) is 0 Å². The molecule has 0 atom stereocenters. The molecule has 2 rings (SSSR count). The molecule has 1 saturated carbocycles. The Labute approximate surface area is 111 Å². The number of nitro groups is 1. The Morgan fingerprint density at radius 3 is 2.74 bits per heavy atom. The Morgan fingerprint density at radius 2 is 2.26 bits per heavy atom. The lowest BCUT2D eigenvalue weighted by atomic mass is 9.91. The molecule has 0 bridgehead atoms. The van der Waals surface area contributed by atoms with Gasteiger partial charge in [0, 0.05) is 24.3 Å². The normalized spacial score (nSPS) is 14.5. The molecule has 1 aliphatic carbocycles. The van der Waals surface area contributed by atoms with Crippen LogP contribution in [0.3, 0.4) is 0 Å². The van der Waals surface area contributed by atoms with E-state index in [0.717, 1.165) is 24.9 Å². The number of nitriles is 1. The van der Waals surface area contributed by atoms with Crippen LogP contribution in [-0.2, 0) is 0 Å². The molecule has 0 aromatic heterocycles. The average Bonchev–Trinajstić information content (AvgIpc) is 2.35. The van der Waals surface area contributed by atoms with Gasteiger partial charge in [0.05, 0.1) is 11.5 Å². The summed E-state index contributed by atoms with van der Waals surface area (Å²) in [6.45, 7) is 0.503. The first-order valence-corrected chi connectivity index (χ1v) is 6.23. The minimum Gasteiger partial charge on any atom is -0.395 e. The predicted molar refractivity (Wildman–Crippen MR) is 69.9 cm³/mol. The fourth-order valence-electron chi connectivity index (χ4n) is 2.28. The molecule has 100 valence electrons. The van der Waals surface area contributed by atoms with Crippen LogP contribution in [0.15, 0.2) is 18.2 Å². The lowest BCUT2D eigenvalue weighted by Gasteiger charge is -2.39. The van der Waals surface area contributed by atoms with E-state index in [4.69, 9.17) is 10.4 Å². The Kier molecular flexibility index (Phi) is 3.97. The maximum Gasteiger partial charge on any atom is 0.287 e. The van der Waals surface area contributed by atoms with Gasteiger partial charge in [-0.15, -0.1) is 0 Å². The van der Waals surface area contributed by atoms with Crippen LogP contribution in [0, 0.1) is 21.4 Å². The summed E-state index contributed by atoms with van der Waals surface area (Å²) in [5.41, 5.74) is 0.648. The number of hydrogen-bond acceptors (Lipinski definition) is 5. The fraction of sp³-hybridized carbons (Fsp3) is 0.462. The molecule has 0 heterocycles. The second-order valence-electron chi connectivity index (χ2n) is 4.57. The molecule has 19 heavy (non-hydrogen) atoms. The molecule has 1 aliphatic rings. The lowest BCUT2D eigenvalue weighted by Crippen LogP contribution is -2.42. The zero-order chi connectivity index (χ0) is 13.8. The Bertz CT molecular complexity index is 520. The molecule has 0 saturated heterocycles. The van der Waals surface area contributed by atoms with E-state index in [0.29, 0.717) is 12.6 Å². The van der Waals surface area contributed by atoms with E-state index in [1.807, 2.05) is 11.0 Å². The first-order chi connectivity index (χ1) is 9.17. The number of nitro benzene ring substituents is 1. The van der Waals surface area contributed by atoms with Crippen molar-refractivity contribution in [1.29, 1.82) is 5.26 Å². The van der Waals surface area contributed by atoms with Gasteiger partial charge in [-0.3, -0.25) is 10.1 Å². The molecule has 0 radical (unpaired) electrons. The second kappa shape index (κ2) is 5.67. The quantitative estimate of drug-likeness (QED) is 0.645. The first kappa shape index (κ1) is 13.3. The molecule has 0 aliphatic heterocycles. The smallest absolute Gasteiger partial charge is 0.287 e. The van der Waals surface area contributed by atoms with Crippen molar-refractivity contribution in [3.05, 3.63) is 33.9 Å². The summed E-state index contributed by atoms with van der Waals surface area (Å²) in [4.78, 5) is 12.3. The van der Waals surface area contributed by atoms with E-state index in [1.165, 1.54) is 12.1 Å². The van der Waals surface area contributed by atoms with Gasteiger partial charge in [-0.1, -0.05) is 0 Å². The molecular weight excluding hydrogens is 246 g/mol. The average molecular weight is 261 g/mol. The van der Waals surface area contributed by atoms with Gasteiger partial charge < -0.3 is 10.0 Å². The highest BCUT2D eigenvalue weighted by Gasteiger charge is 2.26. The Morgan fingerprint density at radius 1 is 1.53 bits per heavy atom. The number of benzene rings is 1. The van der Waals surface area contributed by atoms with Crippen LogP contribution in [0.5, 0.6) is 0 Å². The molecule has 6 heteroatoms. The second-order valence-corrected chi connectivity index (χ2v) is 4.57. The number of aliphatic hydroxyl groups is 1. The van der Waals surface area contributed by atoms with E-state index in [9.17, 15) is 10.1 Å². The summed E-state index contributed by atoms with van der Waals surface area (Å²) in [6, 6.07) is 6.76. The molecule has 0 amide bonds. The van der Waals surface area contributed by atoms with Crippen LogP contribution >= 0.6 is 0 Å². The van der Waals surface area contributed by atoms with Gasteiger partial charge in [0.15, 0.2) is 0 Å². The highest BCUT2D eigenvalue weighted by atomic mass is 16.6. The van der Waals surface area contributed by atoms with Crippen LogP contribution in [0.2, 0.25) is 0 Å². The Hall–Kier alpha value is -2.13. The number of nitrogens with zero attached hydrogens (tertiary/aromatic N) is 3. The third-order valence-corrected chi connectivity index (χ3v) is 3.49. The van der Waals surface area contributed by atoms with Crippen molar-refractivity contribution in [1.82, 2.24) is 0 Å². The van der Waals surface area contributed by atoms with Gasteiger partial charge in [0.2, 0.25) is 0 Å². The van der Waals surface area contributed by atoms with E-state index in [1.54, 1.807) is 6.07 Å². The van der Waals surface area contributed by atoms with Gasteiger partial charge in [-0.25, -0.2) is 0 Å². The summed E-state index contributed by atoms with van der Waals surface area (Å²) >= 11 is 0. The molecule has 1 fully saturated rings. The Balaban J connectivity index is 2.32. The SMILES string of the molecule is N#Cc1cc(N(CCO)C2CCC2)ccc1[N+](=O)[O-]. The lowest BCUT2D eigenvalue weighted by molar-refractivity contribution is -0.385. The van der Waals surface area contributed by atoms with Crippen molar-refractivity contribution in [3.63, 3.8) is 0 Å². The summed E-state index contributed by atoms with van der Waals surface area (Å²) in [5, 5.41) is 28.9. The van der Waals surface area contributed by atoms with Crippen molar-refractivity contribution >= 4 is 11.4 Å². The summed E-state index contributed by atoms with van der Waals surface area (Å²) in [7, 11) is 0. The molecule has 1 aromatic rings. The molecular formula is C13H15N3O3. The number of aliphatic hydroxyl groups excluding tert-OH is 1. The van der Waals surface area contributed by atoms with Crippen molar-refractivity contribution in [2.75, 3.05) is 18.1 Å². The van der Waals surface area contributed by atoms with Gasteiger partial charge >= 0.3 is 0 Å². The summed E-state index contributed by atoms with van der Waals surface area (Å²) in [6.07, 6.45) is 3.27. The third-order valence-electron chi connectivity index (χ3n) is 3.49. The largest absolute Gasteiger partial charge is 0.395 e. The van der Waals surface area contributed by atoms with Crippen molar-refractivity contribution < 1.29 is 10.0 Å². The maximum absolute atomic E-state index is 10.8. The maximum atomic E-state index is 10.8. The third kappa shape index (κ3) is 2.66. The van der Waals surface area contributed by atoms with Gasteiger partial charge in [-0.2, -0.15) is 5.26 Å². The summed E-state index contributed by atoms with van der Waals surface area (Å²) < 4.78 is 0. The van der Waals surface area contributed by atoms with Crippen molar-refractivity contribution in [3.8, 4) is 6.07 Å². The summed E-state index contributed by atoms with van der Waals surface area (Å²) in [5.74, 6) is 0. The van der Waals surface area contributed by atoms with Gasteiger partial charge in [-0.05, 0) is 31.4 Å². The van der Waals surface area contributed by atoms with Crippen LogP contribution in [0.4, 0.5) is 11.4 Å². The monoisotopic (exact) mass is 261 g/mol. The standard InChI is InChI=1S/C13H15N3O3/c14-9-10-8-12(4-5-13(10)16(18)19)15(6-7-17)11-2-1-3-11/h4-5,8,11,17H,1-3,6-7H2. The molecule has 1 aromatic carbocycles. The number of hydrogen-bond donors (Lipinski definition) is 1. The molecule has 1 N–H and O–H groups in total. The number of anilines is 1. The minimum absolute atomic E-state index is 0.0232. The zero-order valence-electron chi connectivity index (χ0n) is 10.5. The molecule has 0 unspecified atom stereocenters. The van der Waals surface area contributed by atoms with Crippen LogP contribution in [-0.4, -0.2) is 29.2 Å². The van der Waals surface area contributed by atoms with Crippen molar-refractivity contribution in [2.24, 2.45) is 0 Å². The van der Waals surface area contributed by atoms with Gasteiger partial charge in [0.25, 0.3) is 5.69 Å². The van der Waals surface area contributed by atoms with Crippen LogP contribution < -0.4 is 4.90 Å². The highest BCUT2D eigenvalue weighted by molar-refractivity contribution is 5.60. The van der Waals surface area contributed by atoms with Crippen LogP contribution in [0.25, 0.3) is 0 Å². The van der Waals surface area contributed by atoms with Gasteiger partial charge in [0.1, 0.15) is 11.6 Å². The van der Waals surface area contributed by atoms with E-state index >= 15 is 0 Å². The van der Waals surface area contributed by atoms with Crippen molar-refractivity contribution in [2.45, 2.75) is 25.3 Å². The minimum atomic E-state index is -0.554. The molecule has 6 nitrogen and oxygen atoms in total. The topological polar surface area (TPSA) is 90.4 Å². The fourth-order valence-corrected chi connectivity index (χ4v) is 2.28. The van der Waals surface area contributed by atoms with Crippen LogP contribution in [0.1, 0.15) is 24.8 Å². The zero-order valence-corrected chi connectivity index (χ0v) is 10.5. The van der Waals surface area contributed by atoms with E-state index in [-0.39, 0.29) is 17.9 Å². The van der Waals surface area contributed by atoms with E-state index < -0.39 is 4.92 Å². The highest BCUT2D eigenvalue weighted by Crippen LogP contribution is 2.31. The number of rotatable bonds is 5. The predicted octanol–water partition coefficient (Wildman–Crippen LogP) is 1.82.